The van der Waals surface area contributed by atoms with E-state index in [1.165, 1.54) is 4.40 Å². The van der Waals surface area contributed by atoms with E-state index in [2.05, 4.69) is 10.3 Å². The molecule has 8 nitrogen and oxygen atoms in total. The van der Waals surface area contributed by atoms with Crippen LogP contribution < -0.4 is 15.8 Å². The zero-order valence-corrected chi connectivity index (χ0v) is 17.1. The van der Waals surface area contributed by atoms with Crippen LogP contribution >= 0.6 is 0 Å². The molecular weight excluding hydrogens is 384 g/mol. The molecule has 0 atom stereocenters. The summed E-state index contributed by atoms with van der Waals surface area (Å²) >= 11 is 0. The van der Waals surface area contributed by atoms with Gasteiger partial charge in [0.25, 0.3) is 5.56 Å². The predicted octanol–water partition coefficient (Wildman–Crippen LogP) is 2.83. The van der Waals surface area contributed by atoms with Gasteiger partial charge in [0.2, 0.25) is 5.91 Å². The van der Waals surface area contributed by atoms with E-state index in [9.17, 15) is 14.4 Å². The van der Waals surface area contributed by atoms with Gasteiger partial charge in [-0.1, -0.05) is 0 Å². The Balaban J connectivity index is 1.80. The molecule has 1 aliphatic rings. The van der Waals surface area contributed by atoms with E-state index in [0.717, 1.165) is 23.2 Å². The molecule has 154 valence electrons. The molecule has 8 heteroatoms. The molecule has 0 unspecified atom stereocenters. The number of carbonyl (C=O) groups is 2. The van der Waals surface area contributed by atoms with Gasteiger partial charge >= 0.3 is 5.97 Å². The zero-order chi connectivity index (χ0) is 21.4. The molecule has 3 heterocycles. The molecule has 0 fully saturated rings. The van der Waals surface area contributed by atoms with Gasteiger partial charge in [-0.3, -0.25) is 14.0 Å². The number of hydrogen-bond donors (Lipinski definition) is 1. The van der Waals surface area contributed by atoms with Crippen molar-refractivity contribution in [2.24, 2.45) is 0 Å². The largest absolute Gasteiger partial charge is 0.462 e. The van der Waals surface area contributed by atoms with Crippen LogP contribution in [0.4, 0.5) is 17.2 Å². The van der Waals surface area contributed by atoms with Crippen molar-refractivity contribution < 1.29 is 14.3 Å². The Kier molecular flexibility index (Phi) is 4.99. The highest BCUT2D eigenvalue weighted by atomic mass is 16.5. The van der Waals surface area contributed by atoms with Gasteiger partial charge in [0, 0.05) is 31.0 Å². The van der Waals surface area contributed by atoms with Crippen LogP contribution in [-0.2, 0) is 16.0 Å². The molecule has 1 amide bonds. The molecule has 0 radical (unpaired) electrons. The number of nitrogens with zero attached hydrogens (tertiary/aromatic N) is 3. The normalized spacial score (nSPS) is 12.7. The van der Waals surface area contributed by atoms with E-state index in [1.807, 2.05) is 19.1 Å². The number of hydrogen-bond acceptors (Lipinski definition) is 6. The molecule has 1 N–H and O–H groups in total. The van der Waals surface area contributed by atoms with Crippen LogP contribution in [-0.4, -0.2) is 34.4 Å². The van der Waals surface area contributed by atoms with E-state index in [-0.39, 0.29) is 23.9 Å². The number of carbonyl (C=O) groups excluding carboxylic acids is 2. The van der Waals surface area contributed by atoms with Crippen molar-refractivity contribution >= 4 is 34.7 Å². The number of pyridine rings is 1. The van der Waals surface area contributed by atoms with Crippen molar-refractivity contribution in [2.45, 2.75) is 27.2 Å². The highest BCUT2D eigenvalue weighted by molar-refractivity contribution is 5.96. The van der Waals surface area contributed by atoms with E-state index in [0.29, 0.717) is 17.9 Å². The lowest BCUT2D eigenvalue weighted by molar-refractivity contribution is -0.116. The number of ether oxygens (including phenoxy) is 1. The Bertz CT molecular complexity index is 1230. The lowest BCUT2D eigenvalue weighted by atomic mass is 10.1. The van der Waals surface area contributed by atoms with Gasteiger partial charge in [-0.2, -0.15) is 0 Å². The van der Waals surface area contributed by atoms with E-state index in [1.54, 1.807) is 43.1 Å². The fourth-order valence-electron chi connectivity index (χ4n) is 3.66. The fourth-order valence-corrected chi connectivity index (χ4v) is 3.66. The molecule has 0 bridgehead atoms. The number of nitrogens with one attached hydrogen (secondary N) is 1. The Morgan fingerprint density at radius 2 is 2.03 bits per heavy atom. The minimum Gasteiger partial charge on any atom is -0.462 e. The third-order valence-corrected chi connectivity index (χ3v) is 5.08. The van der Waals surface area contributed by atoms with Crippen LogP contribution in [0.3, 0.4) is 0 Å². The van der Waals surface area contributed by atoms with E-state index < -0.39 is 11.5 Å². The Hall–Kier alpha value is -3.68. The molecule has 0 spiro atoms. The van der Waals surface area contributed by atoms with Gasteiger partial charge in [0.1, 0.15) is 5.65 Å². The third-order valence-electron chi connectivity index (χ3n) is 5.08. The number of amides is 1. The first kappa shape index (κ1) is 19.6. The van der Waals surface area contributed by atoms with E-state index >= 15 is 0 Å². The summed E-state index contributed by atoms with van der Waals surface area (Å²) in [4.78, 5) is 43.6. The summed E-state index contributed by atoms with van der Waals surface area (Å²) in [6.07, 6.45) is 2.33. The molecule has 0 aliphatic carbocycles. The Morgan fingerprint density at radius 1 is 1.23 bits per heavy atom. The SMILES string of the molecule is CCOC(=O)c1c(Nc2ccc3c(c2)CCN3C(C)=O)nc2cc(C)ccn2c1=O. The average molecular weight is 406 g/mol. The van der Waals surface area contributed by atoms with Gasteiger partial charge in [0.05, 0.1) is 6.61 Å². The first-order valence-electron chi connectivity index (χ1n) is 9.77. The highest BCUT2D eigenvalue weighted by Gasteiger charge is 2.24. The summed E-state index contributed by atoms with van der Waals surface area (Å²) in [5.74, 6) is -0.583. The summed E-state index contributed by atoms with van der Waals surface area (Å²) in [5, 5.41) is 3.11. The summed E-state index contributed by atoms with van der Waals surface area (Å²) < 4.78 is 6.43. The lowest BCUT2D eigenvalue weighted by Crippen LogP contribution is -2.26. The zero-order valence-electron chi connectivity index (χ0n) is 17.1. The second-order valence-corrected chi connectivity index (χ2v) is 7.18. The minimum atomic E-state index is -0.726. The minimum absolute atomic E-state index is 0.00126. The number of rotatable bonds is 4. The quantitative estimate of drug-likeness (QED) is 0.670. The van der Waals surface area contributed by atoms with Crippen molar-refractivity contribution in [1.29, 1.82) is 0 Å². The van der Waals surface area contributed by atoms with Crippen molar-refractivity contribution in [3.63, 3.8) is 0 Å². The first-order chi connectivity index (χ1) is 14.4. The van der Waals surface area contributed by atoms with Crippen LogP contribution in [0.25, 0.3) is 5.65 Å². The average Bonchev–Trinajstić information content (AvgIpc) is 3.11. The number of aromatic nitrogens is 2. The maximum atomic E-state index is 13.0. The summed E-state index contributed by atoms with van der Waals surface area (Å²) in [6.45, 7) is 5.91. The van der Waals surface area contributed by atoms with Crippen LogP contribution in [0.1, 0.15) is 35.3 Å². The summed E-state index contributed by atoms with van der Waals surface area (Å²) in [6, 6.07) is 9.12. The maximum Gasteiger partial charge on any atom is 0.347 e. The van der Waals surface area contributed by atoms with Gasteiger partial charge < -0.3 is 15.0 Å². The molecule has 0 saturated carbocycles. The molecule has 0 saturated heterocycles. The van der Waals surface area contributed by atoms with E-state index in [4.69, 9.17) is 4.74 Å². The molecular formula is C22H22N4O4. The molecule has 2 aromatic heterocycles. The lowest BCUT2D eigenvalue weighted by Gasteiger charge is -2.16. The number of esters is 1. The maximum absolute atomic E-state index is 13.0. The summed E-state index contributed by atoms with van der Waals surface area (Å²) in [5.41, 5.74) is 3.29. The van der Waals surface area contributed by atoms with Crippen LogP contribution in [0, 0.1) is 6.92 Å². The molecule has 1 aromatic carbocycles. The Labute approximate surface area is 173 Å². The van der Waals surface area contributed by atoms with Gasteiger partial charge in [-0.15, -0.1) is 0 Å². The number of aryl methyl sites for hydroxylation is 1. The van der Waals surface area contributed by atoms with Gasteiger partial charge in [-0.25, -0.2) is 9.78 Å². The highest BCUT2D eigenvalue weighted by Crippen LogP contribution is 2.31. The number of benzene rings is 1. The van der Waals surface area contributed by atoms with Crippen molar-refractivity contribution in [3.8, 4) is 0 Å². The monoisotopic (exact) mass is 406 g/mol. The van der Waals surface area contributed by atoms with Crippen molar-refractivity contribution in [3.05, 3.63) is 63.6 Å². The van der Waals surface area contributed by atoms with Crippen molar-refractivity contribution in [2.75, 3.05) is 23.4 Å². The molecule has 3 aromatic rings. The van der Waals surface area contributed by atoms with Crippen LogP contribution in [0.2, 0.25) is 0 Å². The predicted molar refractivity (Wildman–Crippen MR) is 114 cm³/mol. The molecule has 4 rings (SSSR count). The van der Waals surface area contributed by atoms with Crippen LogP contribution in [0.15, 0.2) is 41.3 Å². The number of anilines is 3. The molecule has 1 aliphatic heterocycles. The second-order valence-electron chi connectivity index (χ2n) is 7.18. The first-order valence-corrected chi connectivity index (χ1v) is 9.77. The smallest absolute Gasteiger partial charge is 0.347 e. The Morgan fingerprint density at radius 3 is 2.77 bits per heavy atom. The second kappa shape index (κ2) is 7.62. The summed E-state index contributed by atoms with van der Waals surface area (Å²) in [7, 11) is 0. The standard InChI is InChI=1S/C22H22N4O4/c1-4-30-22(29)19-20(24-18-11-13(2)7-9-26(18)21(19)28)23-16-5-6-17-15(12-16)8-10-25(17)14(3)27/h5-7,9,11-12,23H,4,8,10H2,1-3H3. The van der Waals surface area contributed by atoms with Crippen molar-refractivity contribution in [1.82, 2.24) is 9.38 Å². The topological polar surface area (TPSA) is 93.0 Å². The number of fused-ring (bicyclic) bond motifs is 2. The van der Waals surface area contributed by atoms with Gasteiger partial charge in [0.15, 0.2) is 11.4 Å². The molecule has 30 heavy (non-hydrogen) atoms. The third kappa shape index (κ3) is 3.41. The van der Waals surface area contributed by atoms with Crippen LogP contribution in [0.5, 0.6) is 0 Å². The fraction of sp³-hybridized carbons (Fsp3) is 0.273. The van der Waals surface area contributed by atoms with Gasteiger partial charge in [-0.05, 0) is 61.7 Å².